The maximum atomic E-state index is 13.4. The normalized spacial score (nSPS) is 13.5. The van der Waals surface area contributed by atoms with Crippen molar-refractivity contribution in [3.63, 3.8) is 0 Å². The zero-order chi connectivity index (χ0) is 27.7. The maximum Gasteiger partial charge on any atom is 0.242 e. The van der Waals surface area contributed by atoms with Crippen LogP contribution in [0.3, 0.4) is 0 Å². The zero-order valence-corrected chi connectivity index (χ0v) is 22.9. The van der Waals surface area contributed by atoms with Gasteiger partial charge in [-0.1, -0.05) is 25.5 Å². The van der Waals surface area contributed by atoms with Gasteiger partial charge in [0, 0.05) is 32.1 Å². The lowest BCUT2D eigenvalue weighted by Gasteiger charge is -2.29. The minimum Gasteiger partial charge on any atom is -0.486 e. The second kappa shape index (κ2) is 13.5. The van der Waals surface area contributed by atoms with E-state index in [1.54, 1.807) is 37.3 Å². The van der Waals surface area contributed by atoms with Crippen LogP contribution in [0.2, 0.25) is 0 Å². The summed E-state index contributed by atoms with van der Waals surface area (Å²) in [5.74, 6) is 0.0427. The number of unbranched alkanes of at least 4 members (excludes halogenated alkanes) is 1. The Morgan fingerprint density at radius 3 is 2.39 bits per heavy atom. The number of nitrogens with zero attached hydrogens (tertiary/aromatic N) is 2. The number of carbonyl (C=O) groups is 2. The van der Waals surface area contributed by atoms with Crippen LogP contribution < -0.4 is 19.1 Å². The predicted octanol–water partition coefficient (Wildman–Crippen LogP) is 3.48. The van der Waals surface area contributed by atoms with Gasteiger partial charge in [0.2, 0.25) is 21.8 Å². The molecule has 1 heterocycles. The number of sulfonamides is 1. The first kappa shape index (κ1) is 29.2. The van der Waals surface area contributed by atoms with E-state index in [1.807, 2.05) is 6.92 Å². The summed E-state index contributed by atoms with van der Waals surface area (Å²) in [7, 11) is -3.65. The number of ether oxygens (including phenoxy) is 2. The first-order valence-corrected chi connectivity index (χ1v) is 14.6. The molecule has 2 amide bonds. The van der Waals surface area contributed by atoms with Crippen molar-refractivity contribution in [3.8, 4) is 11.5 Å². The van der Waals surface area contributed by atoms with Crippen LogP contribution in [0.5, 0.6) is 11.5 Å². The third kappa shape index (κ3) is 8.08. The summed E-state index contributed by atoms with van der Waals surface area (Å²) in [6, 6.07) is 9.92. The van der Waals surface area contributed by atoms with E-state index in [2.05, 4.69) is 5.32 Å². The highest BCUT2D eigenvalue weighted by Crippen LogP contribution is 2.34. The fourth-order valence-corrected chi connectivity index (χ4v) is 5.05. The molecule has 208 valence electrons. The maximum absolute atomic E-state index is 13.4. The minimum absolute atomic E-state index is 0.0182. The van der Waals surface area contributed by atoms with E-state index in [0.29, 0.717) is 42.5 Å². The van der Waals surface area contributed by atoms with E-state index in [1.165, 1.54) is 21.3 Å². The predicted molar refractivity (Wildman–Crippen MR) is 143 cm³/mol. The highest BCUT2D eigenvalue weighted by atomic mass is 32.2. The Morgan fingerprint density at radius 1 is 1.05 bits per heavy atom. The summed E-state index contributed by atoms with van der Waals surface area (Å²) in [4.78, 5) is 27.5. The van der Waals surface area contributed by atoms with Crippen LogP contribution in [0.4, 0.5) is 10.1 Å². The molecule has 0 saturated heterocycles. The lowest BCUT2D eigenvalue weighted by Crippen LogP contribution is -2.48. The third-order valence-electron chi connectivity index (χ3n) is 6.23. The van der Waals surface area contributed by atoms with Crippen LogP contribution in [0.15, 0.2) is 42.5 Å². The molecule has 2 aromatic carbocycles. The zero-order valence-electron chi connectivity index (χ0n) is 22.1. The summed E-state index contributed by atoms with van der Waals surface area (Å²) in [5.41, 5.74) is 1.10. The van der Waals surface area contributed by atoms with Gasteiger partial charge >= 0.3 is 0 Å². The fraction of sp³-hybridized carbons (Fsp3) is 0.481. The fourth-order valence-electron chi connectivity index (χ4n) is 4.10. The van der Waals surface area contributed by atoms with Gasteiger partial charge in [0.25, 0.3) is 0 Å². The Morgan fingerprint density at radius 2 is 1.74 bits per heavy atom. The molecule has 1 aliphatic heterocycles. The molecule has 9 nitrogen and oxygen atoms in total. The van der Waals surface area contributed by atoms with Gasteiger partial charge in [-0.15, -0.1) is 0 Å². The molecule has 0 spiro atoms. The monoisotopic (exact) mass is 549 g/mol. The van der Waals surface area contributed by atoms with Gasteiger partial charge in [0.15, 0.2) is 11.5 Å². The number of carbonyl (C=O) groups excluding carboxylic acids is 2. The van der Waals surface area contributed by atoms with E-state index >= 15 is 0 Å². The van der Waals surface area contributed by atoms with E-state index < -0.39 is 21.9 Å². The average molecular weight is 550 g/mol. The topological polar surface area (TPSA) is 105 Å². The Balaban J connectivity index is 1.71. The molecule has 0 radical (unpaired) electrons. The van der Waals surface area contributed by atoms with Crippen LogP contribution in [0.25, 0.3) is 0 Å². The van der Waals surface area contributed by atoms with Crippen LogP contribution in [-0.2, 0) is 26.2 Å². The van der Waals surface area contributed by atoms with Crippen LogP contribution in [0, 0.1) is 5.82 Å². The van der Waals surface area contributed by atoms with Gasteiger partial charge in [0.05, 0.1) is 11.9 Å². The van der Waals surface area contributed by atoms with E-state index in [-0.39, 0.29) is 37.7 Å². The average Bonchev–Trinajstić information content (AvgIpc) is 2.89. The number of anilines is 1. The van der Waals surface area contributed by atoms with Crippen LogP contribution in [-0.4, -0.2) is 63.7 Å². The van der Waals surface area contributed by atoms with Gasteiger partial charge in [-0.3, -0.25) is 13.9 Å². The number of amides is 2. The quantitative estimate of drug-likeness (QED) is 0.384. The molecule has 3 rings (SSSR count). The van der Waals surface area contributed by atoms with Gasteiger partial charge in [0.1, 0.15) is 25.1 Å². The number of fused-ring (bicyclic) bond motifs is 1. The molecule has 1 N–H and O–H groups in total. The molecular formula is C27H36FN3O6S. The van der Waals surface area contributed by atoms with Crippen molar-refractivity contribution in [2.24, 2.45) is 0 Å². The molecule has 1 aliphatic rings. The smallest absolute Gasteiger partial charge is 0.242 e. The lowest BCUT2D eigenvalue weighted by atomic mass is 10.1. The molecule has 1 atom stereocenters. The van der Waals surface area contributed by atoms with E-state index in [4.69, 9.17) is 9.47 Å². The molecule has 2 aromatic rings. The molecule has 11 heteroatoms. The van der Waals surface area contributed by atoms with Crippen molar-refractivity contribution in [1.29, 1.82) is 0 Å². The van der Waals surface area contributed by atoms with E-state index in [9.17, 15) is 22.4 Å². The number of halogens is 1. The Kier molecular flexibility index (Phi) is 10.3. The van der Waals surface area contributed by atoms with Crippen LogP contribution in [0.1, 0.15) is 45.1 Å². The summed E-state index contributed by atoms with van der Waals surface area (Å²) in [6.07, 6.45) is 3.10. The molecule has 0 fully saturated rings. The van der Waals surface area contributed by atoms with Crippen molar-refractivity contribution >= 4 is 27.5 Å². The third-order valence-corrected chi connectivity index (χ3v) is 7.42. The standard InChI is InChI=1S/C27H36FN3O6S/c1-4-5-14-29-27(33)20(2)30(19-21-8-10-22(28)11-9-21)26(32)7-6-15-31(38(3,34)35)23-12-13-24-25(18-23)37-17-16-36-24/h8-13,18,20H,4-7,14-17,19H2,1-3H3,(H,29,33)/t20-/m0/s1. The molecule has 0 saturated carbocycles. The summed E-state index contributed by atoms with van der Waals surface area (Å²) >= 11 is 0. The van der Waals surface area contributed by atoms with Crippen molar-refractivity contribution in [2.75, 3.05) is 36.9 Å². The lowest BCUT2D eigenvalue weighted by molar-refractivity contribution is -0.140. The summed E-state index contributed by atoms with van der Waals surface area (Å²) < 4.78 is 50.9. The molecule has 0 unspecified atom stereocenters. The minimum atomic E-state index is -3.65. The van der Waals surface area contributed by atoms with E-state index in [0.717, 1.165) is 19.1 Å². The van der Waals surface area contributed by atoms with Gasteiger partial charge in [-0.05, 0) is 49.6 Å². The van der Waals surface area contributed by atoms with Gasteiger partial charge in [-0.25, -0.2) is 12.8 Å². The SMILES string of the molecule is CCCCNC(=O)[C@H](C)N(Cc1ccc(F)cc1)C(=O)CCCN(c1ccc2c(c1)OCCO2)S(C)(=O)=O. The van der Waals surface area contributed by atoms with Crippen molar-refractivity contribution in [3.05, 3.63) is 53.8 Å². The second-order valence-electron chi connectivity index (χ2n) is 9.24. The summed E-state index contributed by atoms with van der Waals surface area (Å²) in [6.45, 7) is 5.17. The highest BCUT2D eigenvalue weighted by molar-refractivity contribution is 7.92. The van der Waals surface area contributed by atoms with Gasteiger partial charge in [-0.2, -0.15) is 0 Å². The highest BCUT2D eigenvalue weighted by Gasteiger charge is 2.27. The molecule has 38 heavy (non-hydrogen) atoms. The number of benzene rings is 2. The Hall–Kier alpha value is -3.34. The van der Waals surface area contributed by atoms with Gasteiger partial charge < -0.3 is 19.7 Å². The van der Waals surface area contributed by atoms with Crippen molar-refractivity contribution in [2.45, 2.75) is 52.1 Å². The molecule has 0 bridgehead atoms. The Labute approximate surface area is 224 Å². The number of rotatable bonds is 13. The Bertz CT molecular complexity index is 1210. The second-order valence-corrected chi connectivity index (χ2v) is 11.1. The van der Waals surface area contributed by atoms with Crippen LogP contribution >= 0.6 is 0 Å². The van der Waals surface area contributed by atoms with Crippen molar-refractivity contribution < 1.29 is 31.9 Å². The first-order valence-electron chi connectivity index (χ1n) is 12.8. The molecule has 0 aliphatic carbocycles. The van der Waals surface area contributed by atoms with Crippen molar-refractivity contribution in [1.82, 2.24) is 10.2 Å². The summed E-state index contributed by atoms with van der Waals surface area (Å²) in [5, 5.41) is 2.85. The largest absolute Gasteiger partial charge is 0.486 e. The number of hydrogen-bond acceptors (Lipinski definition) is 6. The number of nitrogens with one attached hydrogen (secondary N) is 1. The molecule has 0 aromatic heterocycles. The molecular weight excluding hydrogens is 513 g/mol. The first-order chi connectivity index (χ1) is 18.1. The number of hydrogen-bond donors (Lipinski definition) is 1.